The van der Waals surface area contributed by atoms with E-state index in [0.29, 0.717) is 0 Å². The molecule has 0 atom stereocenters. The summed E-state index contributed by atoms with van der Waals surface area (Å²) in [7, 11) is 2.08. The monoisotopic (exact) mass is 256 g/mol. The Balaban J connectivity index is 0.000000327. The molecular formula is C12H20N2O4. The Morgan fingerprint density at radius 3 is 2.33 bits per heavy atom. The van der Waals surface area contributed by atoms with E-state index in [9.17, 15) is 9.59 Å². The number of carbonyl (C=O) groups is 2. The fourth-order valence-electron chi connectivity index (χ4n) is 1.12. The molecule has 0 aliphatic carbocycles. The molecule has 18 heavy (non-hydrogen) atoms. The summed E-state index contributed by atoms with van der Waals surface area (Å²) in [6.07, 6.45) is 5.80. The topological polar surface area (TPSA) is 70.1 Å². The number of rotatable bonds is 4. The van der Waals surface area contributed by atoms with E-state index in [1.165, 1.54) is 0 Å². The minimum absolute atomic E-state index is 0.253. The molecule has 0 aromatic rings. The van der Waals surface area contributed by atoms with Crippen molar-refractivity contribution in [1.82, 2.24) is 9.80 Å². The van der Waals surface area contributed by atoms with Crippen LogP contribution in [-0.2, 0) is 14.3 Å². The number of nitrogens with zero attached hydrogens (tertiary/aromatic N) is 2. The van der Waals surface area contributed by atoms with E-state index in [4.69, 9.17) is 5.11 Å². The van der Waals surface area contributed by atoms with Crippen molar-refractivity contribution in [2.75, 3.05) is 26.9 Å². The number of aliphatic carboxylic acids is 1. The Morgan fingerprint density at radius 2 is 2.00 bits per heavy atom. The maximum atomic E-state index is 10.4. The second kappa shape index (κ2) is 9.09. The number of carbonyl (C=O) groups excluding carboxylic acids is 1. The lowest BCUT2D eigenvalue weighted by atomic mass is 10.5. The van der Waals surface area contributed by atoms with E-state index < -0.39 is 11.9 Å². The predicted molar refractivity (Wildman–Crippen MR) is 67.6 cm³/mol. The number of esters is 1. The van der Waals surface area contributed by atoms with Crippen LogP contribution in [0.15, 0.2) is 24.6 Å². The quantitative estimate of drug-likeness (QED) is 0.594. The van der Waals surface area contributed by atoms with E-state index in [2.05, 4.69) is 40.9 Å². The van der Waals surface area contributed by atoms with E-state index in [0.717, 1.165) is 25.4 Å². The van der Waals surface area contributed by atoms with Crippen molar-refractivity contribution in [1.29, 1.82) is 0 Å². The first kappa shape index (κ1) is 16.0. The third-order valence-corrected chi connectivity index (χ3v) is 1.99. The highest BCUT2D eigenvalue weighted by molar-refractivity contribution is 5.90. The Hall–Kier alpha value is -1.98. The maximum Gasteiger partial charge on any atom is 0.330 e. The summed E-state index contributed by atoms with van der Waals surface area (Å²) in [5, 5.41) is 8.04. The lowest BCUT2D eigenvalue weighted by Gasteiger charge is -2.14. The highest BCUT2D eigenvalue weighted by atomic mass is 16.5. The molecule has 102 valence electrons. The molecule has 0 aromatic carbocycles. The van der Waals surface area contributed by atoms with Gasteiger partial charge in [0, 0.05) is 38.1 Å². The SMILES string of the molecule is CCN1C=CN(C)C1.CCOC(=O)/C=C\C(=O)O. The highest BCUT2D eigenvalue weighted by Gasteiger charge is 2.03. The van der Waals surface area contributed by atoms with Crippen LogP contribution in [0.3, 0.4) is 0 Å². The van der Waals surface area contributed by atoms with Crippen molar-refractivity contribution < 1.29 is 19.4 Å². The van der Waals surface area contributed by atoms with Crippen LogP contribution in [0.1, 0.15) is 13.8 Å². The van der Waals surface area contributed by atoms with Gasteiger partial charge in [0.05, 0.1) is 13.3 Å². The summed E-state index contributed by atoms with van der Waals surface area (Å²) in [6.45, 7) is 6.22. The van der Waals surface area contributed by atoms with E-state index >= 15 is 0 Å². The molecule has 1 rings (SSSR count). The van der Waals surface area contributed by atoms with E-state index in [1.54, 1.807) is 6.92 Å². The molecule has 6 heteroatoms. The Bertz CT molecular complexity index is 326. The largest absolute Gasteiger partial charge is 0.478 e. The summed E-state index contributed by atoms with van der Waals surface area (Å²) in [5.74, 6) is -1.79. The van der Waals surface area contributed by atoms with Crippen LogP contribution in [0.25, 0.3) is 0 Å². The standard InChI is InChI=1S/C6H12N2.C6H8O4/c1-3-8-5-4-7(2)6-8;1-2-10-6(9)4-3-5(7)8/h4-5H,3,6H2,1-2H3;3-4H,2H2,1H3,(H,7,8)/b;4-3-. The molecule has 0 saturated heterocycles. The molecule has 0 aromatic heterocycles. The van der Waals surface area contributed by atoms with Crippen molar-refractivity contribution in [3.8, 4) is 0 Å². The van der Waals surface area contributed by atoms with Gasteiger partial charge in [-0.05, 0) is 13.8 Å². The zero-order chi connectivity index (χ0) is 14.0. The van der Waals surface area contributed by atoms with Crippen LogP contribution in [0.4, 0.5) is 0 Å². The molecule has 0 radical (unpaired) electrons. The van der Waals surface area contributed by atoms with Crippen LogP contribution in [0.5, 0.6) is 0 Å². The van der Waals surface area contributed by atoms with Crippen LogP contribution >= 0.6 is 0 Å². The van der Waals surface area contributed by atoms with Gasteiger partial charge in [-0.2, -0.15) is 0 Å². The van der Waals surface area contributed by atoms with Gasteiger partial charge in [-0.3, -0.25) is 0 Å². The first-order valence-corrected chi connectivity index (χ1v) is 5.70. The average Bonchev–Trinajstić information content (AvgIpc) is 2.74. The van der Waals surface area contributed by atoms with Gasteiger partial charge in [0.2, 0.25) is 0 Å². The minimum Gasteiger partial charge on any atom is -0.478 e. The van der Waals surface area contributed by atoms with Gasteiger partial charge in [0.15, 0.2) is 0 Å². The van der Waals surface area contributed by atoms with Gasteiger partial charge < -0.3 is 19.6 Å². The Kier molecular flexibility index (Phi) is 8.09. The van der Waals surface area contributed by atoms with Crippen molar-refractivity contribution in [2.45, 2.75) is 13.8 Å². The molecule has 1 heterocycles. The Labute approximate surface area is 107 Å². The summed E-state index contributed by atoms with van der Waals surface area (Å²) in [6, 6.07) is 0. The molecule has 1 N–H and O–H groups in total. The average molecular weight is 256 g/mol. The number of hydrogen-bond donors (Lipinski definition) is 1. The molecule has 0 fully saturated rings. The van der Waals surface area contributed by atoms with Gasteiger partial charge in [0.1, 0.15) is 0 Å². The van der Waals surface area contributed by atoms with Gasteiger partial charge in [-0.1, -0.05) is 0 Å². The van der Waals surface area contributed by atoms with Crippen molar-refractivity contribution >= 4 is 11.9 Å². The zero-order valence-corrected chi connectivity index (χ0v) is 11.0. The summed E-state index contributed by atoms with van der Waals surface area (Å²) >= 11 is 0. The number of ether oxygens (including phenoxy) is 1. The second-order valence-corrected chi connectivity index (χ2v) is 3.53. The molecule has 0 saturated carbocycles. The van der Waals surface area contributed by atoms with Crippen LogP contribution in [-0.4, -0.2) is 53.7 Å². The van der Waals surface area contributed by atoms with Crippen LogP contribution in [0, 0.1) is 0 Å². The van der Waals surface area contributed by atoms with Crippen LogP contribution < -0.4 is 0 Å². The summed E-state index contributed by atoms with van der Waals surface area (Å²) in [4.78, 5) is 24.6. The first-order valence-electron chi connectivity index (χ1n) is 5.70. The van der Waals surface area contributed by atoms with Gasteiger partial charge in [-0.25, -0.2) is 9.59 Å². The number of carboxylic acid groups (broad SMARTS) is 1. The van der Waals surface area contributed by atoms with Crippen molar-refractivity contribution in [3.63, 3.8) is 0 Å². The lowest BCUT2D eigenvalue weighted by Crippen LogP contribution is -2.21. The van der Waals surface area contributed by atoms with Gasteiger partial charge in [0.25, 0.3) is 0 Å². The molecule has 0 amide bonds. The molecule has 6 nitrogen and oxygen atoms in total. The van der Waals surface area contributed by atoms with E-state index in [-0.39, 0.29) is 6.61 Å². The third kappa shape index (κ3) is 8.20. The van der Waals surface area contributed by atoms with Gasteiger partial charge in [-0.15, -0.1) is 0 Å². The Morgan fingerprint density at radius 1 is 1.33 bits per heavy atom. The number of hydrogen-bond acceptors (Lipinski definition) is 5. The molecule has 0 bridgehead atoms. The van der Waals surface area contributed by atoms with E-state index in [1.807, 2.05) is 0 Å². The van der Waals surface area contributed by atoms with Crippen LogP contribution in [0.2, 0.25) is 0 Å². The molecular weight excluding hydrogens is 236 g/mol. The molecule has 1 aliphatic heterocycles. The van der Waals surface area contributed by atoms with Crippen molar-refractivity contribution in [3.05, 3.63) is 24.6 Å². The summed E-state index contributed by atoms with van der Waals surface area (Å²) < 4.78 is 4.40. The van der Waals surface area contributed by atoms with Crippen molar-refractivity contribution in [2.24, 2.45) is 0 Å². The first-order chi connectivity index (χ1) is 8.49. The smallest absolute Gasteiger partial charge is 0.330 e. The number of carboxylic acids is 1. The molecule has 0 unspecified atom stereocenters. The third-order valence-electron chi connectivity index (χ3n) is 1.99. The molecule has 1 aliphatic rings. The summed E-state index contributed by atoms with van der Waals surface area (Å²) in [5.41, 5.74) is 0. The fourth-order valence-corrected chi connectivity index (χ4v) is 1.12. The highest BCUT2D eigenvalue weighted by Crippen LogP contribution is 2.00. The fraction of sp³-hybridized carbons (Fsp3) is 0.500. The predicted octanol–water partition coefficient (Wildman–Crippen LogP) is 0.873. The normalized spacial score (nSPS) is 13.5. The molecule has 0 spiro atoms. The minimum atomic E-state index is -1.16. The second-order valence-electron chi connectivity index (χ2n) is 3.53. The van der Waals surface area contributed by atoms with Gasteiger partial charge >= 0.3 is 11.9 Å². The maximum absolute atomic E-state index is 10.4. The lowest BCUT2D eigenvalue weighted by molar-refractivity contribution is -0.138. The zero-order valence-electron chi connectivity index (χ0n) is 11.0.